The summed E-state index contributed by atoms with van der Waals surface area (Å²) in [4.78, 5) is 0. The van der Waals surface area contributed by atoms with E-state index < -0.39 is 0 Å². The predicted octanol–water partition coefficient (Wildman–Crippen LogP) is 2.90. The van der Waals surface area contributed by atoms with Crippen LogP contribution in [-0.4, -0.2) is 19.9 Å². The van der Waals surface area contributed by atoms with Crippen LogP contribution in [0.1, 0.15) is 0 Å². The third-order valence-electron chi connectivity index (χ3n) is 1.61. The second-order valence-corrected chi connectivity index (χ2v) is 3.60. The maximum absolute atomic E-state index is 8.73. The van der Waals surface area contributed by atoms with Crippen molar-refractivity contribution in [2.75, 3.05) is 0 Å². The van der Waals surface area contributed by atoms with Crippen LogP contribution in [0, 0.1) is 9.28 Å². The summed E-state index contributed by atoms with van der Waals surface area (Å²) in [6.45, 7) is 0. The minimum Gasteiger partial charge on any atom is -0.428 e. The van der Waals surface area contributed by atoms with Gasteiger partial charge < -0.3 is 10.4 Å². The molecular formula is C10H10N2O2S2Zn2. The van der Waals surface area contributed by atoms with Crippen LogP contribution in [0.4, 0.5) is 0 Å². The normalized spacial score (nSPS) is 8.00. The van der Waals surface area contributed by atoms with Crippen molar-refractivity contribution in [1.82, 2.24) is 9.46 Å². The molecule has 2 N–H and O–H groups in total. The molecule has 88 valence electrons. The minimum atomic E-state index is 0. The maximum atomic E-state index is 8.73. The molecule has 2 heterocycles. The summed E-state index contributed by atoms with van der Waals surface area (Å²) in [6, 6.07) is 10.3. The van der Waals surface area contributed by atoms with Crippen molar-refractivity contribution in [2.45, 2.75) is 0 Å². The molecule has 0 aliphatic heterocycles. The van der Waals surface area contributed by atoms with E-state index in [1.165, 1.54) is 12.4 Å². The molecule has 2 aromatic rings. The van der Waals surface area contributed by atoms with Gasteiger partial charge in [0.05, 0.1) is 0 Å². The van der Waals surface area contributed by atoms with Gasteiger partial charge in [-0.1, -0.05) is 36.6 Å². The Labute approximate surface area is 140 Å². The standard InChI is InChI=1S/2C5H5NOS.2Zn/c2*7-6-4-2-1-3-5(6)8;;/h2*1-4,7H;;. The van der Waals surface area contributed by atoms with E-state index >= 15 is 0 Å². The van der Waals surface area contributed by atoms with E-state index in [1.807, 2.05) is 0 Å². The summed E-state index contributed by atoms with van der Waals surface area (Å²) in [5.41, 5.74) is 0. The Balaban J connectivity index is 0. The Morgan fingerprint density at radius 2 is 1.06 bits per heavy atom. The van der Waals surface area contributed by atoms with Gasteiger partial charge >= 0.3 is 0 Å². The molecule has 18 heavy (non-hydrogen) atoms. The van der Waals surface area contributed by atoms with Crippen molar-refractivity contribution in [3.8, 4) is 0 Å². The Hall–Kier alpha value is -0.413. The summed E-state index contributed by atoms with van der Waals surface area (Å²) in [6.07, 6.45) is 2.98. The zero-order valence-electron chi connectivity index (χ0n) is 9.64. The van der Waals surface area contributed by atoms with Gasteiger partial charge in [-0.2, -0.15) is 9.46 Å². The molecular weight excluding hydrogens is 375 g/mol. The number of hydrogen-bond donors (Lipinski definition) is 2. The molecule has 0 aliphatic carbocycles. The van der Waals surface area contributed by atoms with Crippen LogP contribution in [0.3, 0.4) is 0 Å². The van der Waals surface area contributed by atoms with Gasteiger partial charge in [0.25, 0.3) is 0 Å². The van der Waals surface area contributed by atoms with Crippen molar-refractivity contribution in [3.63, 3.8) is 0 Å². The predicted molar refractivity (Wildman–Crippen MR) is 64.9 cm³/mol. The summed E-state index contributed by atoms with van der Waals surface area (Å²) in [5.74, 6) is 0. The van der Waals surface area contributed by atoms with E-state index in [0.717, 1.165) is 9.46 Å². The first-order chi connectivity index (χ1) is 7.61. The van der Waals surface area contributed by atoms with Crippen LogP contribution in [0.5, 0.6) is 0 Å². The first kappa shape index (κ1) is 19.9. The van der Waals surface area contributed by atoms with Crippen LogP contribution in [0.15, 0.2) is 48.8 Å². The third kappa shape index (κ3) is 7.12. The average Bonchev–Trinajstić information content (AvgIpc) is 2.28. The molecule has 2 aromatic heterocycles. The fourth-order valence-corrected chi connectivity index (χ4v) is 1.12. The summed E-state index contributed by atoms with van der Waals surface area (Å²) >= 11 is 9.33. The van der Waals surface area contributed by atoms with Gasteiger partial charge in [0.1, 0.15) is 9.28 Å². The van der Waals surface area contributed by atoms with Crippen molar-refractivity contribution in [3.05, 3.63) is 58.1 Å². The third-order valence-corrected chi connectivity index (χ3v) is 2.25. The summed E-state index contributed by atoms with van der Waals surface area (Å²) in [5, 5.41) is 17.5. The number of nitrogens with zero attached hydrogens (tertiary/aromatic N) is 2. The smallest absolute Gasteiger partial charge is 0.142 e. The molecule has 0 saturated heterocycles. The van der Waals surface area contributed by atoms with Crippen LogP contribution >= 0.6 is 24.4 Å². The molecule has 4 nitrogen and oxygen atoms in total. The zero-order chi connectivity index (χ0) is 12.0. The molecule has 2 rings (SSSR count). The van der Waals surface area contributed by atoms with Crippen LogP contribution in [0.25, 0.3) is 0 Å². The van der Waals surface area contributed by atoms with Crippen LogP contribution in [-0.2, 0) is 39.0 Å². The molecule has 0 radical (unpaired) electrons. The molecule has 0 saturated carbocycles. The SMILES string of the molecule is On1ccccc1=S.On1ccccc1=S.[Zn].[Zn]. The van der Waals surface area contributed by atoms with Gasteiger partial charge in [-0.3, -0.25) is 0 Å². The van der Waals surface area contributed by atoms with Gasteiger partial charge in [-0.05, 0) is 24.3 Å². The largest absolute Gasteiger partial charge is 0.428 e. The Kier molecular flexibility index (Phi) is 11.6. The quantitative estimate of drug-likeness (QED) is 0.416. The van der Waals surface area contributed by atoms with Gasteiger partial charge in [-0.15, -0.1) is 0 Å². The molecule has 0 amide bonds. The number of aromatic nitrogens is 2. The summed E-state index contributed by atoms with van der Waals surface area (Å²) in [7, 11) is 0. The Morgan fingerprint density at radius 3 is 1.22 bits per heavy atom. The molecule has 0 bridgehead atoms. The number of hydrogen-bond acceptors (Lipinski definition) is 4. The zero-order valence-corrected chi connectivity index (χ0v) is 17.2. The van der Waals surface area contributed by atoms with Crippen molar-refractivity contribution in [2.24, 2.45) is 0 Å². The van der Waals surface area contributed by atoms with Crippen LogP contribution < -0.4 is 0 Å². The molecule has 0 atom stereocenters. The van der Waals surface area contributed by atoms with E-state index in [2.05, 4.69) is 24.4 Å². The van der Waals surface area contributed by atoms with Crippen LogP contribution in [0.2, 0.25) is 0 Å². The topological polar surface area (TPSA) is 50.3 Å². The molecule has 0 fully saturated rings. The second kappa shape index (κ2) is 10.5. The van der Waals surface area contributed by atoms with Crippen molar-refractivity contribution in [1.29, 1.82) is 0 Å². The van der Waals surface area contributed by atoms with E-state index in [1.54, 1.807) is 36.4 Å². The molecule has 0 aromatic carbocycles. The van der Waals surface area contributed by atoms with Gasteiger partial charge in [0.15, 0.2) is 0 Å². The monoisotopic (exact) mass is 382 g/mol. The first-order valence-corrected chi connectivity index (χ1v) is 5.17. The summed E-state index contributed by atoms with van der Waals surface area (Å²) < 4.78 is 2.64. The van der Waals surface area contributed by atoms with Crippen molar-refractivity contribution < 1.29 is 49.4 Å². The first-order valence-electron chi connectivity index (χ1n) is 4.35. The number of pyridine rings is 2. The van der Waals surface area contributed by atoms with Gasteiger partial charge in [-0.25, -0.2) is 0 Å². The van der Waals surface area contributed by atoms with Gasteiger partial charge in [0, 0.05) is 51.3 Å². The van der Waals surface area contributed by atoms with E-state index in [0.29, 0.717) is 9.28 Å². The fourth-order valence-electron chi connectivity index (χ4n) is 0.838. The van der Waals surface area contributed by atoms with Crippen molar-refractivity contribution >= 4 is 24.4 Å². The van der Waals surface area contributed by atoms with Gasteiger partial charge in [0.2, 0.25) is 0 Å². The molecule has 0 unspecified atom stereocenters. The maximum Gasteiger partial charge on any atom is 0.142 e. The minimum absolute atomic E-state index is 0. The Bertz CT molecular complexity index is 520. The van der Waals surface area contributed by atoms with E-state index in [9.17, 15) is 0 Å². The van der Waals surface area contributed by atoms with E-state index in [4.69, 9.17) is 10.4 Å². The molecule has 8 heteroatoms. The molecule has 0 spiro atoms. The second-order valence-electron chi connectivity index (χ2n) is 2.77. The number of rotatable bonds is 0. The van der Waals surface area contributed by atoms with E-state index in [-0.39, 0.29) is 39.0 Å². The molecule has 0 aliphatic rings. The fraction of sp³-hybridized carbons (Fsp3) is 0. The Morgan fingerprint density at radius 1 is 0.722 bits per heavy atom. The average molecular weight is 385 g/mol.